The third-order valence-corrected chi connectivity index (χ3v) is 3.24. The molecule has 108 valence electrons. The molecule has 1 aliphatic rings. The number of ether oxygens (including phenoxy) is 2. The van der Waals surface area contributed by atoms with Gasteiger partial charge in [0.05, 0.1) is 6.54 Å². The summed E-state index contributed by atoms with van der Waals surface area (Å²) in [6.45, 7) is 2.43. The molecule has 3 rings (SSSR count). The van der Waals surface area contributed by atoms with Gasteiger partial charge in [0.15, 0.2) is 11.5 Å². The van der Waals surface area contributed by atoms with E-state index in [2.05, 4.69) is 10.6 Å². The first-order valence-electron chi connectivity index (χ1n) is 6.71. The fraction of sp³-hybridized carbons (Fsp3) is 0.188. The molecule has 0 fully saturated rings. The zero-order chi connectivity index (χ0) is 14.7. The first-order chi connectivity index (χ1) is 10.2. The second kappa shape index (κ2) is 5.75. The third kappa shape index (κ3) is 3.08. The lowest BCUT2D eigenvalue weighted by Gasteiger charge is -2.10. The van der Waals surface area contributed by atoms with Crippen LogP contribution in [0.4, 0.5) is 11.4 Å². The summed E-state index contributed by atoms with van der Waals surface area (Å²) in [4.78, 5) is 12.0. The van der Waals surface area contributed by atoms with Gasteiger partial charge in [-0.2, -0.15) is 0 Å². The summed E-state index contributed by atoms with van der Waals surface area (Å²) in [6.07, 6.45) is 0. The zero-order valence-corrected chi connectivity index (χ0v) is 11.7. The number of anilines is 2. The van der Waals surface area contributed by atoms with Crippen LogP contribution in [0.1, 0.15) is 5.56 Å². The number of carbonyl (C=O) groups is 1. The number of amides is 1. The summed E-state index contributed by atoms with van der Waals surface area (Å²) in [5.74, 6) is 1.24. The fourth-order valence-electron chi connectivity index (χ4n) is 2.13. The van der Waals surface area contributed by atoms with Crippen molar-refractivity contribution < 1.29 is 14.3 Å². The fourth-order valence-corrected chi connectivity index (χ4v) is 2.13. The number of nitrogens with one attached hydrogen (secondary N) is 2. The van der Waals surface area contributed by atoms with Crippen molar-refractivity contribution in [2.75, 3.05) is 24.0 Å². The summed E-state index contributed by atoms with van der Waals surface area (Å²) in [7, 11) is 0. The number of fused-ring (bicyclic) bond motifs is 1. The van der Waals surface area contributed by atoms with Crippen molar-refractivity contribution in [1.29, 1.82) is 0 Å². The molecule has 0 spiro atoms. The van der Waals surface area contributed by atoms with E-state index in [1.807, 2.05) is 31.2 Å². The molecule has 0 unspecified atom stereocenters. The van der Waals surface area contributed by atoms with Crippen LogP contribution in [0.3, 0.4) is 0 Å². The average molecular weight is 284 g/mol. The van der Waals surface area contributed by atoms with Gasteiger partial charge in [-0.3, -0.25) is 4.79 Å². The van der Waals surface area contributed by atoms with Crippen molar-refractivity contribution >= 4 is 17.3 Å². The minimum absolute atomic E-state index is 0.114. The molecule has 2 aromatic carbocycles. The van der Waals surface area contributed by atoms with Crippen LogP contribution in [-0.4, -0.2) is 19.2 Å². The standard InChI is InChI=1S/C16H16N2O3/c1-11-4-2-3-5-13(11)17-9-16(19)18-12-6-7-14-15(8-12)21-10-20-14/h2-8,17H,9-10H2,1H3,(H,18,19). The molecular formula is C16H16N2O3. The highest BCUT2D eigenvalue weighted by molar-refractivity contribution is 5.94. The highest BCUT2D eigenvalue weighted by Gasteiger charge is 2.14. The largest absolute Gasteiger partial charge is 0.454 e. The van der Waals surface area contributed by atoms with Crippen molar-refractivity contribution in [2.24, 2.45) is 0 Å². The molecule has 0 bridgehead atoms. The Morgan fingerprint density at radius 3 is 2.81 bits per heavy atom. The van der Waals surface area contributed by atoms with E-state index in [4.69, 9.17) is 9.47 Å². The van der Waals surface area contributed by atoms with Gasteiger partial charge in [-0.05, 0) is 30.7 Å². The second-order valence-electron chi connectivity index (χ2n) is 4.78. The van der Waals surface area contributed by atoms with Gasteiger partial charge in [0, 0.05) is 17.4 Å². The van der Waals surface area contributed by atoms with E-state index < -0.39 is 0 Å². The molecule has 5 nitrogen and oxygen atoms in total. The van der Waals surface area contributed by atoms with Crippen LogP contribution in [0.15, 0.2) is 42.5 Å². The van der Waals surface area contributed by atoms with E-state index in [0.29, 0.717) is 17.2 Å². The smallest absolute Gasteiger partial charge is 0.243 e. The number of hydrogen-bond acceptors (Lipinski definition) is 4. The Hall–Kier alpha value is -2.69. The molecule has 5 heteroatoms. The average Bonchev–Trinajstić information content (AvgIpc) is 2.94. The number of aryl methyl sites for hydroxylation is 1. The Morgan fingerprint density at radius 2 is 1.95 bits per heavy atom. The molecule has 1 aliphatic heterocycles. The van der Waals surface area contributed by atoms with Crippen LogP contribution >= 0.6 is 0 Å². The number of carbonyl (C=O) groups excluding carboxylic acids is 1. The van der Waals surface area contributed by atoms with Gasteiger partial charge < -0.3 is 20.1 Å². The monoisotopic (exact) mass is 284 g/mol. The van der Waals surface area contributed by atoms with E-state index in [1.165, 1.54) is 0 Å². The summed E-state index contributed by atoms with van der Waals surface area (Å²) >= 11 is 0. The predicted octanol–water partition coefficient (Wildman–Crippen LogP) is 2.77. The van der Waals surface area contributed by atoms with Gasteiger partial charge in [0.25, 0.3) is 0 Å². The van der Waals surface area contributed by atoms with Crippen LogP contribution in [-0.2, 0) is 4.79 Å². The molecule has 2 N–H and O–H groups in total. The number of rotatable bonds is 4. The molecule has 1 amide bonds. The minimum atomic E-state index is -0.114. The lowest BCUT2D eigenvalue weighted by molar-refractivity contribution is -0.114. The van der Waals surface area contributed by atoms with Gasteiger partial charge in [0.2, 0.25) is 12.7 Å². The Morgan fingerprint density at radius 1 is 1.14 bits per heavy atom. The predicted molar refractivity (Wildman–Crippen MR) is 80.9 cm³/mol. The first kappa shape index (κ1) is 13.3. The maximum Gasteiger partial charge on any atom is 0.243 e. The summed E-state index contributed by atoms with van der Waals surface area (Å²) < 4.78 is 10.5. The number of hydrogen-bond donors (Lipinski definition) is 2. The van der Waals surface area contributed by atoms with Crippen LogP contribution in [0, 0.1) is 6.92 Å². The topological polar surface area (TPSA) is 59.6 Å². The first-order valence-corrected chi connectivity index (χ1v) is 6.71. The molecule has 21 heavy (non-hydrogen) atoms. The molecule has 0 aromatic heterocycles. The molecule has 0 radical (unpaired) electrons. The van der Waals surface area contributed by atoms with Gasteiger partial charge >= 0.3 is 0 Å². The molecule has 2 aromatic rings. The van der Waals surface area contributed by atoms with Crippen LogP contribution < -0.4 is 20.1 Å². The summed E-state index contributed by atoms with van der Waals surface area (Å²) in [5.41, 5.74) is 2.75. The van der Waals surface area contributed by atoms with Crippen molar-refractivity contribution in [3.05, 3.63) is 48.0 Å². The second-order valence-corrected chi connectivity index (χ2v) is 4.78. The van der Waals surface area contributed by atoms with Crippen LogP contribution in [0.2, 0.25) is 0 Å². The normalized spacial score (nSPS) is 12.0. The highest BCUT2D eigenvalue weighted by atomic mass is 16.7. The van der Waals surface area contributed by atoms with E-state index >= 15 is 0 Å². The lowest BCUT2D eigenvalue weighted by atomic mass is 10.2. The van der Waals surface area contributed by atoms with Crippen molar-refractivity contribution in [3.8, 4) is 11.5 Å². The Bertz CT molecular complexity index is 670. The van der Waals surface area contributed by atoms with Crippen molar-refractivity contribution in [3.63, 3.8) is 0 Å². The molecule has 0 atom stereocenters. The number of benzene rings is 2. The minimum Gasteiger partial charge on any atom is -0.454 e. The molecule has 0 saturated carbocycles. The third-order valence-electron chi connectivity index (χ3n) is 3.24. The van der Waals surface area contributed by atoms with Gasteiger partial charge in [-0.15, -0.1) is 0 Å². The highest BCUT2D eigenvalue weighted by Crippen LogP contribution is 2.34. The zero-order valence-electron chi connectivity index (χ0n) is 11.7. The summed E-state index contributed by atoms with van der Waals surface area (Å²) in [5, 5.41) is 5.94. The quantitative estimate of drug-likeness (QED) is 0.906. The van der Waals surface area contributed by atoms with Gasteiger partial charge in [-0.1, -0.05) is 18.2 Å². The van der Waals surface area contributed by atoms with Gasteiger partial charge in [-0.25, -0.2) is 0 Å². The number of para-hydroxylation sites is 1. The SMILES string of the molecule is Cc1ccccc1NCC(=O)Nc1ccc2c(c1)OCO2. The Labute approximate surface area is 122 Å². The molecule has 1 heterocycles. The van der Waals surface area contributed by atoms with E-state index in [-0.39, 0.29) is 19.2 Å². The van der Waals surface area contributed by atoms with Crippen molar-refractivity contribution in [2.45, 2.75) is 6.92 Å². The van der Waals surface area contributed by atoms with E-state index in [1.54, 1.807) is 18.2 Å². The van der Waals surface area contributed by atoms with Gasteiger partial charge in [0.1, 0.15) is 0 Å². The van der Waals surface area contributed by atoms with E-state index in [0.717, 1.165) is 11.3 Å². The van der Waals surface area contributed by atoms with Crippen LogP contribution in [0.25, 0.3) is 0 Å². The van der Waals surface area contributed by atoms with E-state index in [9.17, 15) is 4.79 Å². The maximum absolute atomic E-state index is 12.0. The Balaban J connectivity index is 1.58. The molecule has 0 saturated heterocycles. The Kier molecular flexibility index (Phi) is 3.64. The molecular weight excluding hydrogens is 268 g/mol. The lowest BCUT2D eigenvalue weighted by Crippen LogP contribution is -2.22. The summed E-state index contributed by atoms with van der Waals surface area (Å²) in [6, 6.07) is 13.2. The maximum atomic E-state index is 12.0. The van der Waals surface area contributed by atoms with Crippen molar-refractivity contribution in [1.82, 2.24) is 0 Å². The van der Waals surface area contributed by atoms with Crippen LogP contribution in [0.5, 0.6) is 11.5 Å². The molecule has 0 aliphatic carbocycles.